The number of carbonyl (C=O) groups is 2. The van der Waals surface area contributed by atoms with E-state index in [2.05, 4.69) is 36.2 Å². The number of hydrogen-bond donors (Lipinski definition) is 6. The number of rotatable bonds is 10. The molecule has 11 nitrogen and oxygen atoms in total. The maximum atomic E-state index is 11.1. The first-order valence-electron chi connectivity index (χ1n) is 10.8. The first kappa shape index (κ1) is 29.7. The highest BCUT2D eigenvalue weighted by molar-refractivity contribution is 8.00. The van der Waals surface area contributed by atoms with Crippen molar-refractivity contribution < 1.29 is 14.7 Å². The Bertz CT molecular complexity index is 848. The smallest absolute Gasteiger partial charge is 0.315 e. The Labute approximate surface area is 214 Å². The third kappa shape index (κ3) is 10.3. The summed E-state index contributed by atoms with van der Waals surface area (Å²) >= 11 is 3.66. The summed E-state index contributed by atoms with van der Waals surface area (Å²) in [4.78, 5) is 32.3. The van der Waals surface area contributed by atoms with Crippen LogP contribution in [0.15, 0.2) is 11.3 Å². The Hall–Kier alpha value is -2.30. The van der Waals surface area contributed by atoms with Crippen LogP contribution in [0.2, 0.25) is 0 Å². The lowest BCUT2D eigenvalue weighted by Crippen LogP contribution is -2.36. The summed E-state index contributed by atoms with van der Waals surface area (Å²) in [5.41, 5.74) is 2.21. The van der Waals surface area contributed by atoms with Crippen molar-refractivity contribution in [2.24, 2.45) is 4.99 Å². The lowest BCUT2D eigenvalue weighted by atomic mass is 10.0. The number of thioether (sulfide) groups is 2. The number of amides is 2. The molecular formula is C20H33ClN8O3S2. The maximum Gasteiger partial charge on any atom is 0.315 e. The van der Waals surface area contributed by atoms with Gasteiger partial charge in [-0.25, -0.2) is 9.78 Å². The van der Waals surface area contributed by atoms with Gasteiger partial charge in [-0.05, 0) is 19.8 Å². The molecule has 0 aliphatic carbocycles. The van der Waals surface area contributed by atoms with Crippen molar-refractivity contribution in [3.05, 3.63) is 17.7 Å². The van der Waals surface area contributed by atoms with E-state index in [4.69, 9.17) is 10.4 Å². The largest absolute Gasteiger partial charge is 0.481 e. The fourth-order valence-corrected chi connectivity index (χ4v) is 5.86. The second-order valence-electron chi connectivity index (χ2n) is 7.53. The van der Waals surface area contributed by atoms with Crippen LogP contribution in [0.25, 0.3) is 0 Å². The zero-order valence-corrected chi connectivity index (χ0v) is 21.7. The number of aromatic nitrogens is 2. The number of hydrogen-bond acceptors (Lipinski definition) is 7. The van der Waals surface area contributed by atoms with Gasteiger partial charge in [-0.1, -0.05) is 6.42 Å². The van der Waals surface area contributed by atoms with Crippen LogP contribution in [-0.2, 0) is 10.5 Å². The van der Waals surface area contributed by atoms with Crippen molar-refractivity contribution in [1.82, 2.24) is 31.2 Å². The average Bonchev–Trinajstić information content (AvgIpc) is 3.47. The number of carboxylic acids is 1. The molecule has 3 atom stereocenters. The number of halogens is 1. The van der Waals surface area contributed by atoms with Crippen LogP contribution in [0, 0.1) is 18.4 Å². The minimum Gasteiger partial charge on any atom is -0.481 e. The van der Waals surface area contributed by atoms with E-state index in [-0.39, 0.29) is 36.9 Å². The molecular weight excluding hydrogens is 500 g/mol. The van der Waals surface area contributed by atoms with Gasteiger partial charge in [0.05, 0.1) is 24.1 Å². The fraction of sp³-hybridized carbons (Fsp3) is 0.650. The number of aromatic amines is 1. The van der Waals surface area contributed by atoms with Gasteiger partial charge in [0, 0.05) is 48.2 Å². The Morgan fingerprint density at radius 2 is 2.24 bits per heavy atom. The molecule has 0 aromatic carbocycles. The summed E-state index contributed by atoms with van der Waals surface area (Å²) in [6.07, 6.45) is 6.32. The van der Waals surface area contributed by atoms with Crippen LogP contribution in [0.5, 0.6) is 0 Å². The van der Waals surface area contributed by atoms with E-state index in [1.54, 1.807) is 31.3 Å². The van der Waals surface area contributed by atoms with Gasteiger partial charge in [-0.2, -0.15) is 28.8 Å². The van der Waals surface area contributed by atoms with Gasteiger partial charge in [0.25, 0.3) is 0 Å². The van der Waals surface area contributed by atoms with Crippen LogP contribution < -0.4 is 21.3 Å². The first-order chi connectivity index (χ1) is 15.9. The molecule has 0 bridgehead atoms. The molecule has 2 fully saturated rings. The van der Waals surface area contributed by atoms with Crippen molar-refractivity contribution in [1.29, 1.82) is 5.26 Å². The summed E-state index contributed by atoms with van der Waals surface area (Å²) in [7, 11) is 1.73. The normalized spacial score (nSPS) is 20.6. The molecule has 1 aromatic heterocycles. The maximum absolute atomic E-state index is 11.1. The van der Waals surface area contributed by atoms with Crippen molar-refractivity contribution >= 4 is 53.9 Å². The zero-order valence-electron chi connectivity index (χ0n) is 19.3. The minimum absolute atomic E-state index is 0. The quantitative estimate of drug-likeness (QED) is 0.0865. The van der Waals surface area contributed by atoms with Crippen LogP contribution in [-0.4, -0.2) is 75.5 Å². The van der Waals surface area contributed by atoms with Gasteiger partial charge in [-0.3, -0.25) is 4.79 Å². The minimum atomic E-state index is -0.729. The number of aliphatic carboxylic acids is 1. The van der Waals surface area contributed by atoms with E-state index in [1.165, 1.54) is 0 Å². The fourth-order valence-electron chi connectivity index (χ4n) is 3.44. The molecule has 0 radical (unpaired) electrons. The lowest BCUT2D eigenvalue weighted by Gasteiger charge is -2.16. The number of aliphatic imine (C=N–C) groups is 1. The Balaban J connectivity index is 0.000000331. The van der Waals surface area contributed by atoms with Crippen molar-refractivity contribution in [3.8, 4) is 6.19 Å². The molecule has 2 aliphatic heterocycles. The van der Waals surface area contributed by atoms with Gasteiger partial charge < -0.3 is 31.4 Å². The van der Waals surface area contributed by atoms with Crippen LogP contribution in [0.3, 0.4) is 0 Å². The molecule has 2 amide bonds. The van der Waals surface area contributed by atoms with Crippen molar-refractivity contribution in [2.75, 3.05) is 25.1 Å². The predicted molar refractivity (Wildman–Crippen MR) is 138 cm³/mol. The third-order valence-corrected chi connectivity index (χ3v) is 7.66. The predicted octanol–water partition coefficient (Wildman–Crippen LogP) is 1.82. The second-order valence-corrected chi connectivity index (χ2v) is 9.90. The monoisotopic (exact) mass is 532 g/mol. The van der Waals surface area contributed by atoms with E-state index in [0.717, 1.165) is 54.5 Å². The number of H-pyrrole nitrogens is 1. The molecule has 3 heterocycles. The summed E-state index contributed by atoms with van der Waals surface area (Å²) in [6, 6.07) is 0.440. The molecule has 190 valence electrons. The average molecular weight is 533 g/mol. The Morgan fingerprint density at radius 3 is 2.88 bits per heavy atom. The van der Waals surface area contributed by atoms with Crippen LogP contribution in [0.4, 0.5) is 4.79 Å². The number of carboxylic acid groups (broad SMARTS) is 1. The number of guanidine groups is 1. The number of nitriles is 1. The molecule has 0 unspecified atom stereocenters. The highest BCUT2D eigenvalue weighted by atomic mass is 35.5. The molecule has 0 spiro atoms. The topological polar surface area (TPSA) is 167 Å². The highest BCUT2D eigenvalue weighted by Gasteiger charge is 2.42. The number of imidazole rings is 1. The number of nitrogens with zero attached hydrogens (tertiary/aromatic N) is 3. The summed E-state index contributed by atoms with van der Waals surface area (Å²) in [6.45, 7) is 2.77. The van der Waals surface area contributed by atoms with E-state index < -0.39 is 5.97 Å². The highest BCUT2D eigenvalue weighted by Crippen LogP contribution is 2.33. The van der Waals surface area contributed by atoms with E-state index in [9.17, 15) is 9.59 Å². The SMILES string of the molecule is CN/C(=N/C#N)NCCSCc1nc[nH]c1C.Cl.O=C(O)CCCC[C@@H]1SC[C@@H]2NC(=O)N[C@@H]21. The van der Waals surface area contributed by atoms with Gasteiger partial charge in [0.1, 0.15) is 0 Å². The third-order valence-electron chi connectivity index (χ3n) is 5.18. The Morgan fingerprint density at radius 1 is 1.44 bits per heavy atom. The summed E-state index contributed by atoms with van der Waals surface area (Å²) in [5.74, 6) is 2.56. The number of aryl methyl sites for hydroxylation is 1. The summed E-state index contributed by atoms with van der Waals surface area (Å²) in [5, 5.41) is 29.0. The molecule has 2 aliphatic rings. The van der Waals surface area contributed by atoms with E-state index >= 15 is 0 Å². The van der Waals surface area contributed by atoms with Gasteiger partial charge in [0.15, 0.2) is 0 Å². The van der Waals surface area contributed by atoms with Crippen LogP contribution in [0.1, 0.15) is 37.1 Å². The van der Waals surface area contributed by atoms with E-state index in [0.29, 0.717) is 11.2 Å². The number of unbranched alkanes of at least 4 members (excludes halogenated alkanes) is 1. The number of urea groups is 1. The first-order valence-corrected chi connectivity index (χ1v) is 13.0. The molecule has 34 heavy (non-hydrogen) atoms. The molecule has 0 saturated carbocycles. The molecule has 2 saturated heterocycles. The number of fused-ring (bicyclic) bond motifs is 1. The van der Waals surface area contributed by atoms with Crippen LogP contribution >= 0.6 is 35.9 Å². The second kappa shape index (κ2) is 16.3. The zero-order chi connectivity index (χ0) is 24.1. The van der Waals surface area contributed by atoms with E-state index in [1.807, 2.05) is 18.7 Å². The molecule has 3 rings (SSSR count). The number of nitrogens with one attached hydrogen (secondary N) is 5. The van der Waals surface area contributed by atoms with Gasteiger partial charge in [-0.15, -0.1) is 17.4 Å². The standard InChI is InChI=1S/C10H16N6S.C10H16N2O3S.ClH/c1-8-9(16-7-15-8)5-17-4-3-13-10(12-2)14-6-11;13-8(14)4-2-1-3-7-9-6(5-16-7)11-10(15)12-9;/h7H,3-5H2,1-2H3,(H,15,16)(H2,12,13,14);6-7,9H,1-5H2,(H,13,14)(H2,11,12,15);1H/t;6-,7-,9-;/m.0./s1. The number of carbonyl (C=O) groups excluding carboxylic acids is 1. The Kier molecular flexibility index (Phi) is 14.3. The lowest BCUT2D eigenvalue weighted by molar-refractivity contribution is -0.137. The molecule has 6 N–H and O–H groups in total. The summed E-state index contributed by atoms with van der Waals surface area (Å²) < 4.78 is 0. The molecule has 14 heteroatoms. The van der Waals surface area contributed by atoms with Gasteiger partial charge in [0.2, 0.25) is 12.2 Å². The molecule has 1 aromatic rings. The van der Waals surface area contributed by atoms with Gasteiger partial charge >= 0.3 is 12.0 Å². The van der Waals surface area contributed by atoms with Crippen molar-refractivity contribution in [3.63, 3.8) is 0 Å². The van der Waals surface area contributed by atoms with Crippen molar-refractivity contribution in [2.45, 2.75) is 55.7 Å².